The summed E-state index contributed by atoms with van der Waals surface area (Å²) >= 11 is 0. The molecule has 2 heteroatoms. The first kappa shape index (κ1) is 32.3. The van der Waals surface area contributed by atoms with Gasteiger partial charge in [0.15, 0.2) is 11.6 Å². The van der Waals surface area contributed by atoms with Crippen LogP contribution in [0, 0.1) is 0 Å². The van der Waals surface area contributed by atoms with E-state index in [4.69, 9.17) is 0 Å². The summed E-state index contributed by atoms with van der Waals surface area (Å²) in [6.45, 7) is 4.54. The van der Waals surface area contributed by atoms with Crippen LogP contribution in [0.15, 0.2) is 0 Å². The molecule has 0 atom stereocenters. The van der Waals surface area contributed by atoms with Gasteiger partial charge in [-0.25, -0.2) is 0 Å². The van der Waals surface area contributed by atoms with Crippen LogP contribution in [-0.2, 0) is 9.59 Å². The molecule has 33 heavy (non-hydrogen) atoms. The minimum atomic E-state index is -0.110. The third-order valence-corrected chi connectivity index (χ3v) is 7.08. The molecule has 0 saturated heterocycles. The van der Waals surface area contributed by atoms with Gasteiger partial charge in [0, 0.05) is 12.8 Å². The van der Waals surface area contributed by atoms with Crippen molar-refractivity contribution in [3.8, 4) is 0 Å². The van der Waals surface area contributed by atoms with Crippen molar-refractivity contribution in [2.45, 2.75) is 187 Å². The maximum atomic E-state index is 12.0. The molecule has 0 aliphatic heterocycles. The van der Waals surface area contributed by atoms with Crippen LogP contribution < -0.4 is 0 Å². The SMILES string of the molecule is CCCCCCCCCCCCCCCC(=O)C(=O)CCCCCCCCCCCCCC. The zero-order chi connectivity index (χ0) is 24.2. The molecule has 0 radical (unpaired) electrons. The zero-order valence-corrected chi connectivity index (χ0v) is 22.9. The second kappa shape index (κ2) is 27.6. The fraction of sp³-hybridized carbons (Fsp3) is 0.935. The average Bonchev–Trinajstić information content (AvgIpc) is 2.82. The Morgan fingerprint density at radius 1 is 0.303 bits per heavy atom. The van der Waals surface area contributed by atoms with Gasteiger partial charge in [-0.1, -0.05) is 162 Å². The topological polar surface area (TPSA) is 34.1 Å². The third kappa shape index (κ3) is 25.8. The average molecular weight is 465 g/mol. The number of ketones is 2. The Kier molecular flexibility index (Phi) is 27.0. The lowest BCUT2D eigenvalue weighted by atomic mass is 10.0. The standard InChI is InChI=1S/C31H60O2/c1-3-5-7-9-11-13-15-17-19-21-23-25-27-29-31(33)30(32)28-26-24-22-20-18-16-14-12-10-8-6-4-2/h3-29H2,1-2H3. The van der Waals surface area contributed by atoms with E-state index < -0.39 is 0 Å². The first-order chi connectivity index (χ1) is 16.2. The molecule has 0 rings (SSSR count). The van der Waals surface area contributed by atoms with Gasteiger partial charge in [-0.2, -0.15) is 0 Å². The maximum absolute atomic E-state index is 12.0. The summed E-state index contributed by atoms with van der Waals surface area (Å²) in [6, 6.07) is 0. The number of rotatable bonds is 28. The van der Waals surface area contributed by atoms with E-state index in [2.05, 4.69) is 13.8 Å². The molecule has 0 saturated carbocycles. The molecule has 196 valence electrons. The third-order valence-electron chi connectivity index (χ3n) is 7.08. The molecule has 0 aromatic rings. The van der Waals surface area contributed by atoms with Gasteiger partial charge in [-0.05, 0) is 12.8 Å². The largest absolute Gasteiger partial charge is 0.291 e. The molecule has 0 fully saturated rings. The van der Waals surface area contributed by atoms with E-state index in [1.54, 1.807) is 0 Å². The van der Waals surface area contributed by atoms with Gasteiger partial charge in [0.2, 0.25) is 0 Å². The van der Waals surface area contributed by atoms with Gasteiger partial charge < -0.3 is 0 Å². The van der Waals surface area contributed by atoms with Gasteiger partial charge in [-0.15, -0.1) is 0 Å². The quantitative estimate of drug-likeness (QED) is 0.0852. The van der Waals surface area contributed by atoms with E-state index >= 15 is 0 Å². The van der Waals surface area contributed by atoms with Crippen LogP contribution in [0.5, 0.6) is 0 Å². The molecular formula is C31H60O2. The lowest BCUT2D eigenvalue weighted by Crippen LogP contribution is -2.13. The van der Waals surface area contributed by atoms with Gasteiger partial charge in [0.1, 0.15) is 0 Å². The lowest BCUT2D eigenvalue weighted by Gasteiger charge is -2.04. The summed E-state index contributed by atoms with van der Waals surface area (Å²) in [7, 11) is 0. The minimum absolute atomic E-state index is 0.110. The molecule has 0 bridgehead atoms. The van der Waals surface area contributed by atoms with Gasteiger partial charge in [0.05, 0.1) is 0 Å². The van der Waals surface area contributed by atoms with Crippen molar-refractivity contribution in [3.63, 3.8) is 0 Å². The highest BCUT2D eigenvalue weighted by Crippen LogP contribution is 2.15. The van der Waals surface area contributed by atoms with Crippen LogP contribution in [0.1, 0.15) is 187 Å². The molecule has 0 heterocycles. The Hall–Kier alpha value is -0.660. The number of hydrogen-bond acceptors (Lipinski definition) is 2. The summed E-state index contributed by atoms with van der Waals surface area (Å²) in [6.07, 6.45) is 33.5. The molecule has 0 aliphatic carbocycles. The van der Waals surface area contributed by atoms with Crippen LogP contribution in [0.3, 0.4) is 0 Å². The monoisotopic (exact) mass is 464 g/mol. The summed E-state index contributed by atoms with van der Waals surface area (Å²) < 4.78 is 0. The highest BCUT2D eigenvalue weighted by atomic mass is 16.2. The predicted octanol–water partition coefficient (Wildman–Crippen LogP) is 10.7. The normalized spacial score (nSPS) is 11.2. The van der Waals surface area contributed by atoms with Gasteiger partial charge in [0.25, 0.3) is 0 Å². The summed E-state index contributed by atoms with van der Waals surface area (Å²) in [4.78, 5) is 24.1. The van der Waals surface area contributed by atoms with Crippen molar-refractivity contribution in [2.24, 2.45) is 0 Å². The van der Waals surface area contributed by atoms with Gasteiger partial charge in [-0.3, -0.25) is 9.59 Å². The number of hydrogen-bond donors (Lipinski definition) is 0. The van der Waals surface area contributed by atoms with Crippen molar-refractivity contribution in [1.29, 1.82) is 0 Å². The van der Waals surface area contributed by atoms with Crippen molar-refractivity contribution < 1.29 is 9.59 Å². The smallest absolute Gasteiger partial charge is 0.198 e. The molecule has 0 aromatic heterocycles. The molecular weight excluding hydrogens is 404 g/mol. The van der Waals surface area contributed by atoms with Crippen LogP contribution in [0.2, 0.25) is 0 Å². The number of Topliss-reactive ketones (excluding diaryl/α,β-unsaturated/α-hetero) is 2. The second-order valence-corrected chi connectivity index (χ2v) is 10.5. The van der Waals surface area contributed by atoms with E-state index in [0.29, 0.717) is 12.8 Å². The van der Waals surface area contributed by atoms with Crippen LogP contribution in [-0.4, -0.2) is 11.6 Å². The van der Waals surface area contributed by atoms with Crippen LogP contribution in [0.4, 0.5) is 0 Å². The van der Waals surface area contributed by atoms with E-state index in [1.165, 1.54) is 135 Å². The first-order valence-corrected chi connectivity index (χ1v) is 15.3. The number of carbonyl (C=O) groups excluding carboxylic acids is 2. The Bertz CT molecular complexity index is 415. The van der Waals surface area contributed by atoms with E-state index in [0.717, 1.165) is 25.7 Å². The second-order valence-electron chi connectivity index (χ2n) is 10.5. The Morgan fingerprint density at radius 3 is 0.697 bits per heavy atom. The Morgan fingerprint density at radius 2 is 0.485 bits per heavy atom. The molecule has 0 unspecified atom stereocenters. The molecule has 0 aromatic carbocycles. The first-order valence-electron chi connectivity index (χ1n) is 15.3. The summed E-state index contributed by atoms with van der Waals surface area (Å²) in [5.41, 5.74) is 0. The molecule has 0 amide bonds. The molecule has 2 nitrogen and oxygen atoms in total. The lowest BCUT2D eigenvalue weighted by molar-refractivity contribution is -0.136. The van der Waals surface area contributed by atoms with E-state index in [1.807, 2.05) is 0 Å². The highest BCUT2D eigenvalue weighted by molar-refractivity contribution is 6.37. The number of carbonyl (C=O) groups is 2. The fourth-order valence-electron chi connectivity index (χ4n) is 4.71. The van der Waals surface area contributed by atoms with E-state index in [9.17, 15) is 9.59 Å². The highest BCUT2D eigenvalue weighted by Gasteiger charge is 2.12. The van der Waals surface area contributed by atoms with Crippen molar-refractivity contribution in [1.82, 2.24) is 0 Å². The van der Waals surface area contributed by atoms with Crippen LogP contribution in [0.25, 0.3) is 0 Å². The molecule has 0 N–H and O–H groups in total. The Labute approximate surface area is 208 Å². The van der Waals surface area contributed by atoms with Crippen LogP contribution >= 0.6 is 0 Å². The maximum Gasteiger partial charge on any atom is 0.198 e. The van der Waals surface area contributed by atoms with Crippen molar-refractivity contribution in [3.05, 3.63) is 0 Å². The van der Waals surface area contributed by atoms with Gasteiger partial charge >= 0.3 is 0 Å². The fourth-order valence-corrected chi connectivity index (χ4v) is 4.71. The summed E-state index contributed by atoms with van der Waals surface area (Å²) in [5, 5.41) is 0. The predicted molar refractivity (Wildman–Crippen MR) is 146 cm³/mol. The van der Waals surface area contributed by atoms with Crippen molar-refractivity contribution >= 4 is 11.6 Å². The zero-order valence-electron chi connectivity index (χ0n) is 22.9. The van der Waals surface area contributed by atoms with Crippen molar-refractivity contribution in [2.75, 3.05) is 0 Å². The number of unbranched alkanes of at least 4 members (excludes halogenated alkanes) is 23. The molecule has 0 aliphatic rings. The minimum Gasteiger partial charge on any atom is -0.291 e. The van der Waals surface area contributed by atoms with E-state index in [-0.39, 0.29) is 11.6 Å². The molecule has 0 spiro atoms. The summed E-state index contributed by atoms with van der Waals surface area (Å²) in [5.74, 6) is -0.220. The Balaban J connectivity index is 3.30.